The van der Waals surface area contributed by atoms with Crippen LogP contribution in [0.2, 0.25) is 5.22 Å². The minimum absolute atomic E-state index is 0.0618. The highest BCUT2D eigenvalue weighted by Crippen LogP contribution is 2.17. The third-order valence-corrected chi connectivity index (χ3v) is 3.86. The van der Waals surface area contributed by atoms with E-state index >= 15 is 0 Å². The molecule has 1 N–H and O–H groups in total. The van der Waals surface area contributed by atoms with Gasteiger partial charge >= 0.3 is 0 Å². The molecule has 2 aliphatic heterocycles. The molecule has 2 saturated heterocycles. The second-order valence-electron chi connectivity index (χ2n) is 4.74. The Morgan fingerprint density at radius 1 is 1.28 bits per heavy atom. The molecule has 2 aliphatic rings. The first-order valence-electron chi connectivity index (χ1n) is 6.23. The second kappa shape index (κ2) is 4.91. The van der Waals surface area contributed by atoms with E-state index in [1.54, 1.807) is 12.1 Å². The Balaban J connectivity index is 1.57. The van der Waals surface area contributed by atoms with Gasteiger partial charge in [0, 0.05) is 45.3 Å². The highest BCUT2D eigenvalue weighted by Gasteiger charge is 2.30. The van der Waals surface area contributed by atoms with Crippen molar-refractivity contribution in [2.45, 2.75) is 6.04 Å². The van der Waals surface area contributed by atoms with Crippen LogP contribution >= 0.6 is 11.6 Å². The molecule has 0 aromatic carbocycles. The molecular formula is C12H16ClN3O2. The van der Waals surface area contributed by atoms with Crippen molar-refractivity contribution in [1.82, 2.24) is 15.1 Å². The summed E-state index contributed by atoms with van der Waals surface area (Å²) >= 11 is 5.68. The van der Waals surface area contributed by atoms with Crippen molar-refractivity contribution in [3.8, 4) is 0 Å². The molecule has 1 amide bonds. The molecule has 5 nitrogen and oxygen atoms in total. The van der Waals surface area contributed by atoms with E-state index in [9.17, 15) is 4.79 Å². The molecular weight excluding hydrogens is 254 g/mol. The molecule has 98 valence electrons. The average molecular weight is 270 g/mol. The number of carbonyl (C=O) groups excluding carboxylic acids is 1. The topological polar surface area (TPSA) is 48.7 Å². The Morgan fingerprint density at radius 2 is 2.00 bits per heavy atom. The predicted octanol–water partition coefficient (Wildman–Crippen LogP) is 0.663. The lowest BCUT2D eigenvalue weighted by Crippen LogP contribution is -2.62. The fraction of sp³-hybridized carbons (Fsp3) is 0.583. The van der Waals surface area contributed by atoms with Crippen molar-refractivity contribution in [2.24, 2.45) is 0 Å². The van der Waals surface area contributed by atoms with Crippen LogP contribution in [0.5, 0.6) is 0 Å². The Bertz CT molecular complexity index is 436. The van der Waals surface area contributed by atoms with Crippen LogP contribution in [0.15, 0.2) is 16.5 Å². The first-order chi connectivity index (χ1) is 8.74. The third-order valence-electron chi connectivity index (χ3n) is 3.66. The normalized spacial score (nSPS) is 21.9. The summed E-state index contributed by atoms with van der Waals surface area (Å²) in [6.45, 7) is 5.53. The lowest BCUT2D eigenvalue weighted by molar-refractivity contribution is 0.0477. The molecule has 3 rings (SSSR count). The summed E-state index contributed by atoms with van der Waals surface area (Å²) in [4.78, 5) is 16.4. The number of furan rings is 1. The van der Waals surface area contributed by atoms with E-state index in [0.717, 1.165) is 39.3 Å². The standard InChI is InChI=1S/C12H16ClN3O2/c13-11-2-1-10(18-11)12(17)16-5-3-15(4-6-16)9-7-14-8-9/h1-2,9,14H,3-8H2. The molecule has 1 aromatic rings. The molecule has 0 atom stereocenters. The number of halogens is 1. The number of rotatable bonds is 2. The largest absolute Gasteiger partial charge is 0.440 e. The van der Waals surface area contributed by atoms with Gasteiger partial charge in [-0.25, -0.2) is 0 Å². The average Bonchev–Trinajstić information content (AvgIpc) is 2.74. The molecule has 2 fully saturated rings. The van der Waals surface area contributed by atoms with E-state index < -0.39 is 0 Å². The van der Waals surface area contributed by atoms with E-state index in [0.29, 0.717) is 11.8 Å². The summed E-state index contributed by atoms with van der Waals surface area (Å²) in [5.41, 5.74) is 0. The van der Waals surface area contributed by atoms with Crippen molar-refractivity contribution in [3.05, 3.63) is 23.1 Å². The summed E-state index contributed by atoms with van der Waals surface area (Å²) in [5.74, 6) is 0.270. The van der Waals surface area contributed by atoms with E-state index in [4.69, 9.17) is 16.0 Å². The minimum atomic E-state index is -0.0618. The van der Waals surface area contributed by atoms with Crippen molar-refractivity contribution in [3.63, 3.8) is 0 Å². The fourth-order valence-electron chi connectivity index (χ4n) is 2.41. The maximum atomic E-state index is 12.1. The summed E-state index contributed by atoms with van der Waals surface area (Å²) in [6, 6.07) is 3.89. The van der Waals surface area contributed by atoms with Gasteiger partial charge in [0.2, 0.25) is 0 Å². The van der Waals surface area contributed by atoms with Gasteiger partial charge in [-0.1, -0.05) is 0 Å². The molecule has 18 heavy (non-hydrogen) atoms. The van der Waals surface area contributed by atoms with Gasteiger partial charge < -0.3 is 14.6 Å². The third kappa shape index (κ3) is 2.25. The molecule has 0 unspecified atom stereocenters. The molecule has 6 heteroatoms. The Kier molecular flexibility index (Phi) is 3.28. The number of piperazine rings is 1. The zero-order valence-electron chi connectivity index (χ0n) is 10.1. The number of amides is 1. The number of hydrogen-bond donors (Lipinski definition) is 1. The van der Waals surface area contributed by atoms with E-state index in [-0.39, 0.29) is 11.1 Å². The van der Waals surface area contributed by atoms with Gasteiger partial charge in [-0.3, -0.25) is 9.69 Å². The van der Waals surface area contributed by atoms with Crippen LogP contribution < -0.4 is 5.32 Å². The van der Waals surface area contributed by atoms with Crippen molar-refractivity contribution in [2.75, 3.05) is 39.3 Å². The Labute approximate surface area is 111 Å². The van der Waals surface area contributed by atoms with Gasteiger partial charge in [0.1, 0.15) is 0 Å². The smallest absolute Gasteiger partial charge is 0.289 e. The maximum absolute atomic E-state index is 12.1. The van der Waals surface area contributed by atoms with Gasteiger partial charge in [-0.15, -0.1) is 0 Å². The van der Waals surface area contributed by atoms with Gasteiger partial charge in [-0.2, -0.15) is 0 Å². The SMILES string of the molecule is O=C(c1ccc(Cl)o1)N1CCN(C2CNC2)CC1. The number of nitrogens with one attached hydrogen (secondary N) is 1. The van der Waals surface area contributed by atoms with Gasteiger partial charge in [0.05, 0.1) is 0 Å². The van der Waals surface area contributed by atoms with Crippen LogP contribution in [0.4, 0.5) is 0 Å². The summed E-state index contributed by atoms with van der Waals surface area (Å²) in [6.07, 6.45) is 0. The molecule has 0 saturated carbocycles. The van der Waals surface area contributed by atoms with Crippen molar-refractivity contribution in [1.29, 1.82) is 0 Å². The van der Waals surface area contributed by atoms with E-state index in [1.807, 2.05) is 4.90 Å². The van der Waals surface area contributed by atoms with Gasteiger partial charge in [0.15, 0.2) is 11.0 Å². The molecule has 0 radical (unpaired) electrons. The molecule has 0 aliphatic carbocycles. The minimum Gasteiger partial charge on any atom is -0.440 e. The molecule has 0 bridgehead atoms. The molecule has 1 aromatic heterocycles. The number of nitrogens with zero attached hydrogens (tertiary/aromatic N) is 2. The summed E-state index contributed by atoms with van der Waals surface area (Å²) in [7, 11) is 0. The maximum Gasteiger partial charge on any atom is 0.289 e. The number of carbonyl (C=O) groups is 1. The molecule has 0 spiro atoms. The monoisotopic (exact) mass is 269 g/mol. The highest BCUT2D eigenvalue weighted by atomic mass is 35.5. The Hall–Kier alpha value is -1.04. The van der Waals surface area contributed by atoms with Crippen LogP contribution in [0.3, 0.4) is 0 Å². The van der Waals surface area contributed by atoms with Crippen LogP contribution in [-0.4, -0.2) is 61.0 Å². The van der Waals surface area contributed by atoms with Crippen LogP contribution in [0, 0.1) is 0 Å². The van der Waals surface area contributed by atoms with Crippen LogP contribution in [0.1, 0.15) is 10.6 Å². The van der Waals surface area contributed by atoms with Crippen molar-refractivity contribution >= 4 is 17.5 Å². The number of hydrogen-bond acceptors (Lipinski definition) is 4. The fourth-order valence-corrected chi connectivity index (χ4v) is 2.55. The van der Waals surface area contributed by atoms with Gasteiger partial charge in [0.25, 0.3) is 5.91 Å². The second-order valence-corrected chi connectivity index (χ2v) is 5.12. The van der Waals surface area contributed by atoms with Gasteiger partial charge in [-0.05, 0) is 23.7 Å². The summed E-state index contributed by atoms with van der Waals surface area (Å²) in [5, 5.41) is 3.53. The predicted molar refractivity (Wildman–Crippen MR) is 67.9 cm³/mol. The molecule has 3 heterocycles. The zero-order valence-corrected chi connectivity index (χ0v) is 10.8. The van der Waals surface area contributed by atoms with Crippen LogP contribution in [0.25, 0.3) is 0 Å². The highest BCUT2D eigenvalue weighted by molar-refractivity contribution is 6.29. The zero-order chi connectivity index (χ0) is 12.5. The lowest BCUT2D eigenvalue weighted by Gasteiger charge is -2.43. The van der Waals surface area contributed by atoms with Crippen LogP contribution in [-0.2, 0) is 0 Å². The van der Waals surface area contributed by atoms with Crippen molar-refractivity contribution < 1.29 is 9.21 Å². The first-order valence-corrected chi connectivity index (χ1v) is 6.61. The summed E-state index contributed by atoms with van der Waals surface area (Å²) < 4.78 is 5.16. The first kappa shape index (κ1) is 12.0. The van der Waals surface area contributed by atoms with E-state index in [1.165, 1.54) is 0 Å². The lowest BCUT2D eigenvalue weighted by atomic mass is 10.1. The quantitative estimate of drug-likeness (QED) is 0.857. The Morgan fingerprint density at radius 3 is 2.50 bits per heavy atom. The van der Waals surface area contributed by atoms with E-state index in [2.05, 4.69) is 10.2 Å².